The Labute approximate surface area is 118 Å². The lowest BCUT2D eigenvalue weighted by Gasteiger charge is -2.13. The Morgan fingerprint density at radius 2 is 2.30 bits per heavy atom. The number of hydrogen-bond donors (Lipinski definition) is 2. The molecule has 0 saturated heterocycles. The van der Waals surface area contributed by atoms with E-state index in [0.717, 1.165) is 12.4 Å². The van der Waals surface area contributed by atoms with Gasteiger partial charge in [0, 0.05) is 31.2 Å². The minimum Gasteiger partial charge on any atom is -0.350 e. The molecular weight excluding hydrogens is 254 g/mol. The van der Waals surface area contributed by atoms with Crippen molar-refractivity contribution in [1.29, 1.82) is 0 Å². The van der Waals surface area contributed by atoms with Gasteiger partial charge in [0.15, 0.2) is 0 Å². The minimum atomic E-state index is -0.112. The number of aromatic nitrogens is 3. The van der Waals surface area contributed by atoms with Gasteiger partial charge in [-0.3, -0.25) is 9.36 Å². The first-order valence-electron chi connectivity index (χ1n) is 6.66. The average Bonchev–Trinajstić information content (AvgIpc) is 2.99. The molecule has 0 fully saturated rings. The van der Waals surface area contributed by atoms with E-state index in [4.69, 9.17) is 0 Å². The van der Waals surface area contributed by atoms with Crippen LogP contribution in [0.5, 0.6) is 0 Å². The highest BCUT2D eigenvalue weighted by atomic mass is 16.1. The summed E-state index contributed by atoms with van der Waals surface area (Å²) in [6.45, 7) is 5.55. The summed E-state index contributed by atoms with van der Waals surface area (Å²) in [7, 11) is 0. The monoisotopic (exact) mass is 273 g/mol. The molecule has 20 heavy (non-hydrogen) atoms. The van der Waals surface area contributed by atoms with Gasteiger partial charge in [-0.1, -0.05) is 6.92 Å². The number of hydrogen-bond acceptors (Lipinski definition) is 4. The topological polar surface area (TPSA) is 71.8 Å². The Bertz CT molecular complexity index is 535. The van der Waals surface area contributed by atoms with Crippen LogP contribution in [0.3, 0.4) is 0 Å². The molecule has 1 amide bonds. The Morgan fingerprint density at radius 1 is 1.45 bits per heavy atom. The first-order valence-corrected chi connectivity index (χ1v) is 6.66. The summed E-state index contributed by atoms with van der Waals surface area (Å²) in [6, 6.07) is 3.81. The highest BCUT2D eigenvalue weighted by Gasteiger charge is 2.08. The van der Waals surface area contributed by atoms with Gasteiger partial charge in [0.25, 0.3) is 5.91 Å². The third-order valence-corrected chi connectivity index (χ3v) is 2.90. The second-order valence-corrected chi connectivity index (χ2v) is 4.54. The molecule has 0 saturated carbocycles. The van der Waals surface area contributed by atoms with E-state index in [1.807, 2.05) is 13.8 Å². The molecule has 2 N–H and O–H groups in total. The molecule has 1 atom stereocenters. The fourth-order valence-electron chi connectivity index (χ4n) is 1.84. The molecule has 0 spiro atoms. The summed E-state index contributed by atoms with van der Waals surface area (Å²) < 4.78 is 1.79. The summed E-state index contributed by atoms with van der Waals surface area (Å²) in [5.41, 5.74) is 0.553. The third kappa shape index (κ3) is 3.64. The van der Waals surface area contributed by atoms with E-state index < -0.39 is 0 Å². The number of rotatable bonds is 6. The first-order chi connectivity index (χ1) is 9.70. The Hall–Kier alpha value is -2.21. The van der Waals surface area contributed by atoms with Crippen LogP contribution in [0.4, 0.5) is 0 Å². The van der Waals surface area contributed by atoms with Crippen LogP contribution in [0.2, 0.25) is 0 Å². The molecule has 0 unspecified atom stereocenters. The predicted octanol–water partition coefficient (Wildman–Crippen LogP) is 0.995. The first kappa shape index (κ1) is 14.2. The summed E-state index contributed by atoms with van der Waals surface area (Å²) in [4.78, 5) is 20.2. The third-order valence-electron chi connectivity index (χ3n) is 2.90. The zero-order valence-electron chi connectivity index (χ0n) is 11.7. The largest absolute Gasteiger partial charge is 0.350 e. The van der Waals surface area contributed by atoms with E-state index in [2.05, 4.69) is 20.6 Å². The van der Waals surface area contributed by atoms with Crippen molar-refractivity contribution in [1.82, 2.24) is 25.2 Å². The number of amides is 1. The van der Waals surface area contributed by atoms with E-state index in [1.54, 1.807) is 41.6 Å². The number of pyridine rings is 1. The van der Waals surface area contributed by atoms with Crippen LogP contribution in [0.25, 0.3) is 5.82 Å². The maximum absolute atomic E-state index is 12.0. The molecule has 0 aliphatic rings. The smallest absolute Gasteiger partial charge is 0.252 e. The van der Waals surface area contributed by atoms with Crippen molar-refractivity contribution in [2.75, 3.05) is 13.1 Å². The molecular formula is C14H19N5O. The molecule has 0 radical (unpaired) electrons. The van der Waals surface area contributed by atoms with E-state index in [1.165, 1.54) is 0 Å². The fourth-order valence-corrected chi connectivity index (χ4v) is 1.84. The number of carbonyl (C=O) groups is 1. The van der Waals surface area contributed by atoms with Gasteiger partial charge >= 0.3 is 0 Å². The van der Waals surface area contributed by atoms with Gasteiger partial charge in [-0.25, -0.2) is 9.97 Å². The van der Waals surface area contributed by atoms with Gasteiger partial charge in [-0.05, 0) is 25.6 Å². The lowest BCUT2D eigenvalue weighted by Crippen LogP contribution is -2.38. The van der Waals surface area contributed by atoms with E-state index in [9.17, 15) is 4.79 Å². The van der Waals surface area contributed by atoms with Gasteiger partial charge < -0.3 is 10.6 Å². The maximum atomic E-state index is 12.0. The van der Waals surface area contributed by atoms with Crippen molar-refractivity contribution in [3.8, 4) is 5.82 Å². The SMILES string of the molecule is CCN[C@H](C)CNC(=O)c1ccc(-n2ccnc2)nc1. The van der Waals surface area contributed by atoms with Crippen LogP contribution in [0, 0.1) is 0 Å². The van der Waals surface area contributed by atoms with Crippen molar-refractivity contribution in [3.63, 3.8) is 0 Å². The van der Waals surface area contributed by atoms with Crippen molar-refractivity contribution in [2.24, 2.45) is 0 Å². The van der Waals surface area contributed by atoms with E-state index in [-0.39, 0.29) is 11.9 Å². The van der Waals surface area contributed by atoms with Gasteiger partial charge in [-0.15, -0.1) is 0 Å². The van der Waals surface area contributed by atoms with E-state index >= 15 is 0 Å². The lowest BCUT2D eigenvalue weighted by molar-refractivity contribution is 0.0950. The molecule has 106 valence electrons. The van der Waals surface area contributed by atoms with Crippen molar-refractivity contribution in [2.45, 2.75) is 19.9 Å². The summed E-state index contributed by atoms with van der Waals surface area (Å²) in [6.07, 6.45) is 6.73. The number of likely N-dealkylation sites (N-methyl/N-ethyl adjacent to an activating group) is 1. The highest BCUT2D eigenvalue weighted by Crippen LogP contribution is 2.05. The Kier molecular flexibility index (Phi) is 4.84. The predicted molar refractivity (Wildman–Crippen MR) is 76.8 cm³/mol. The molecule has 2 aromatic heterocycles. The Balaban J connectivity index is 1.94. The van der Waals surface area contributed by atoms with Crippen molar-refractivity contribution < 1.29 is 4.79 Å². The van der Waals surface area contributed by atoms with Crippen LogP contribution in [-0.2, 0) is 0 Å². The van der Waals surface area contributed by atoms with Gasteiger partial charge in [0.05, 0.1) is 5.56 Å². The fraction of sp³-hybridized carbons (Fsp3) is 0.357. The number of imidazole rings is 1. The second kappa shape index (κ2) is 6.81. The van der Waals surface area contributed by atoms with Gasteiger partial charge in [0.2, 0.25) is 0 Å². The standard InChI is InChI=1S/C14H19N5O/c1-3-16-11(2)8-18-14(20)12-4-5-13(17-9-12)19-7-6-15-10-19/h4-7,9-11,16H,3,8H2,1-2H3,(H,18,20)/t11-/m1/s1. The zero-order valence-corrected chi connectivity index (χ0v) is 11.7. The van der Waals surface area contributed by atoms with Gasteiger partial charge in [-0.2, -0.15) is 0 Å². The molecule has 0 bridgehead atoms. The molecule has 0 aliphatic carbocycles. The van der Waals surface area contributed by atoms with Crippen LogP contribution >= 0.6 is 0 Å². The average molecular weight is 273 g/mol. The minimum absolute atomic E-state index is 0.112. The normalized spacial score (nSPS) is 12.1. The molecule has 0 aliphatic heterocycles. The van der Waals surface area contributed by atoms with Crippen molar-refractivity contribution in [3.05, 3.63) is 42.6 Å². The number of nitrogens with one attached hydrogen (secondary N) is 2. The van der Waals surface area contributed by atoms with Gasteiger partial charge in [0.1, 0.15) is 12.1 Å². The number of carbonyl (C=O) groups excluding carboxylic acids is 1. The Morgan fingerprint density at radius 3 is 2.90 bits per heavy atom. The summed E-state index contributed by atoms with van der Waals surface area (Å²) in [5, 5.41) is 6.12. The summed E-state index contributed by atoms with van der Waals surface area (Å²) >= 11 is 0. The summed E-state index contributed by atoms with van der Waals surface area (Å²) in [5.74, 6) is 0.625. The quantitative estimate of drug-likeness (QED) is 0.823. The number of nitrogens with zero attached hydrogens (tertiary/aromatic N) is 3. The maximum Gasteiger partial charge on any atom is 0.252 e. The molecule has 2 heterocycles. The van der Waals surface area contributed by atoms with Crippen LogP contribution < -0.4 is 10.6 Å². The molecule has 0 aromatic carbocycles. The van der Waals surface area contributed by atoms with Crippen LogP contribution in [0.15, 0.2) is 37.1 Å². The van der Waals surface area contributed by atoms with Crippen LogP contribution in [-0.4, -0.2) is 39.6 Å². The molecule has 6 nitrogen and oxygen atoms in total. The van der Waals surface area contributed by atoms with Crippen LogP contribution in [0.1, 0.15) is 24.2 Å². The second-order valence-electron chi connectivity index (χ2n) is 4.54. The van der Waals surface area contributed by atoms with Crippen molar-refractivity contribution >= 4 is 5.91 Å². The molecule has 2 aromatic rings. The van der Waals surface area contributed by atoms with E-state index in [0.29, 0.717) is 12.1 Å². The zero-order chi connectivity index (χ0) is 14.4. The lowest BCUT2D eigenvalue weighted by atomic mass is 10.2. The highest BCUT2D eigenvalue weighted by molar-refractivity contribution is 5.93. The molecule has 2 rings (SSSR count). The molecule has 6 heteroatoms.